The first-order valence-corrected chi connectivity index (χ1v) is 6.24. The Hall–Kier alpha value is -0.540. The average Bonchev–Trinajstić information content (AvgIpc) is 2.71. The topological polar surface area (TPSA) is 20.2 Å². The second-order valence-electron chi connectivity index (χ2n) is 3.90. The Morgan fingerprint density at radius 3 is 2.73 bits per heavy atom. The van der Waals surface area contributed by atoms with Gasteiger partial charge in [-0.1, -0.05) is 18.9 Å². The van der Waals surface area contributed by atoms with Gasteiger partial charge in [-0.15, -0.1) is 11.8 Å². The van der Waals surface area contributed by atoms with Crippen molar-refractivity contribution in [1.29, 1.82) is 0 Å². The van der Waals surface area contributed by atoms with Crippen LogP contribution in [0, 0.1) is 5.82 Å². The molecule has 1 aliphatic carbocycles. The van der Waals surface area contributed by atoms with Crippen LogP contribution in [0.2, 0.25) is 0 Å². The zero-order valence-electron chi connectivity index (χ0n) is 8.58. The molecule has 0 aliphatic heterocycles. The van der Waals surface area contributed by atoms with Crippen LogP contribution in [0.5, 0.6) is 0 Å². The Balaban J connectivity index is 2.15. The molecule has 1 aromatic rings. The normalized spacial score (nSPS) is 17.2. The number of benzene rings is 1. The second-order valence-corrected chi connectivity index (χ2v) is 5.24. The standard InChI is InChI=1S/C12H15FOS/c13-11-6-3-7-12(10(11)8-14)15-9-4-1-2-5-9/h3,6-7,9,14H,1-2,4-5,8H2. The van der Waals surface area contributed by atoms with Crippen molar-refractivity contribution in [1.82, 2.24) is 0 Å². The minimum absolute atomic E-state index is 0.207. The van der Waals surface area contributed by atoms with Crippen LogP contribution in [0.3, 0.4) is 0 Å². The molecule has 2 rings (SSSR count). The van der Waals surface area contributed by atoms with Crippen molar-refractivity contribution in [3.05, 3.63) is 29.6 Å². The van der Waals surface area contributed by atoms with Crippen LogP contribution in [0.25, 0.3) is 0 Å². The summed E-state index contributed by atoms with van der Waals surface area (Å²) < 4.78 is 13.4. The third kappa shape index (κ3) is 2.52. The summed E-state index contributed by atoms with van der Waals surface area (Å²) >= 11 is 1.72. The number of halogens is 1. The molecule has 0 atom stereocenters. The van der Waals surface area contributed by atoms with Crippen LogP contribution in [0.1, 0.15) is 31.2 Å². The molecule has 0 aromatic heterocycles. The number of aliphatic hydroxyl groups excluding tert-OH is 1. The van der Waals surface area contributed by atoms with Crippen LogP contribution in [0.4, 0.5) is 4.39 Å². The summed E-state index contributed by atoms with van der Waals surface area (Å²) in [7, 11) is 0. The minimum atomic E-state index is -0.291. The molecule has 0 amide bonds. The highest BCUT2D eigenvalue weighted by atomic mass is 32.2. The van der Waals surface area contributed by atoms with E-state index in [0.717, 1.165) is 4.90 Å². The molecule has 1 saturated carbocycles. The average molecular weight is 226 g/mol. The van der Waals surface area contributed by atoms with Crippen molar-refractivity contribution in [2.75, 3.05) is 0 Å². The van der Waals surface area contributed by atoms with Crippen molar-refractivity contribution in [2.24, 2.45) is 0 Å². The van der Waals surface area contributed by atoms with E-state index >= 15 is 0 Å². The number of hydrogen-bond acceptors (Lipinski definition) is 2. The van der Waals surface area contributed by atoms with Crippen molar-refractivity contribution >= 4 is 11.8 Å². The number of rotatable bonds is 3. The summed E-state index contributed by atoms with van der Waals surface area (Å²) in [6.07, 6.45) is 4.99. The number of hydrogen-bond donors (Lipinski definition) is 1. The zero-order valence-corrected chi connectivity index (χ0v) is 9.39. The predicted octanol–water partition coefficient (Wildman–Crippen LogP) is 3.35. The van der Waals surface area contributed by atoms with Crippen LogP contribution < -0.4 is 0 Å². The van der Waals surface area contributed by atoms with Gasteiger partial charge < -0.3 is 5.11 Å². The van der Waals surface area contributed by atoms with Gasteiger partial charge in [0.15, 0.2) is 0 Å². The van der Waals surface area contributed by atoms with Crippen molar-refractivity contribution in [3.63, 3.8) is 0 Å². The molecule has 3 heteroatoms. The number of aliphatic hydroxyl groups is 1. The second kappa shape index (κ2) is 4.99. The summed E-state index contributed by atoms with van der Waals surface area (Å²) in [6.45, 7) is -0.207. The van der Waals surface area contributed by atoms with E-state index in [9.17, 15) is 4.39 Å². The van der Waals surface area contributed by atoms with E-state index in [0.29, 0.717) is 10.8 Å². The Morgan fingerprint density at radius 1 is 1.33 bits per heavy atom. The molecular weight excluding hydrogens is 211 g/mol. The van der Waals surface area contributed by atoms with Gasteiger partial charge >= 0.3 is 0 Å². The van der Waals surface area contributed by atoms with Crippen LogP contribution in [-0.2, 0) is 6.61 Å². The molecule has 1 fully saturated rings. The summed E-state index contributed by atoms with van der Waals surface area (Å²) in [5, 5.41) is 9.73. The highest BCUT2D eigenvalue weighted by Gasteiger charge is 2.18. The smallest absolute Gasteiger partial charge is 0.129 e. The molecule has 0 radical (unpaired) electrons. The first kappa shape index (κ1) is 11.0. The highest BCUT2D eigenvalue weighted by Crippen LogP contribution is 2.36. The van der Waals surface area contributed by atoms with E-state index in [4.69, 9.17) is 5.11 Å². The van der Waals surface area contributed by atoms with E-state index < -0.39 is 0 Å². The maximum absolute atomic E-state index is 13.4. The lowest BCUT2D eigenvalue weighted by Gasteiger charge is -2.12. The molecule has 0 spiro atoms. The fourth-order valence-electron chi connectivity index (χ4n) is 1.99. The van der Waals surface area contributed by atoms with E-state index in [2.05, 4.69) is 0 Å². The third-order valence-electron chi connectivity index (χ3n) is 2.83. The number of thioether (sulfide) groups is 1. The maximum atomic E-state index is 13.4. The zero-order chi connectivity index (χ0) is 10.7. The maximum Gasteiger partial charge on any atom is 0.129 e. The molecule has 0 heterocycles. The van der Waals surface area contributed by atoms with E-state index in [1.165, 1.54) is 31.7 Å². The van der Waals surface area contributed by atoms with Gasteiger partial charge in [-0.05, 0) is 25.0 Å². The van der Waals surface area contributed by atoms with Crippen LogP contribution in [-0.4, -0.2) is 10.4 Å². The van der Waals surface area contributed by atoms with Crippen molar-refractivity contribution in [2.45, 2.75) is 42.4 Å². The van der Waals surface area contributed by atoms with Gasteiger partial charge in [-0.25, -0.2) is 4.39 Å². The first-order chi connectivity index (χ1) is 7.31. The fraction of sp³-hybridized carbons (Fsp3) is 0.500. The SMILES string of the molecule is OCc1c(F)cccc1SC1CCCC1. The molecule has 0 unspecified atom stereocenters. The molecule has 1 aromatic carbocycles. The molecule has 1 N–H and O–H groups in total. The molecule has 1 nitrogen and oxygen atoms in total. The molecular formula is C12H15FOS. The van der Waals surface area contributed by atoms with Gasteiger partial charge in [0.25, 0.3) is 0 Å². The lowest BCUT2D eigenvalue weighted by atomic mass is 10.2. The molecule has 0 saturated heterocycles. The third-order valence-corrected chi connectivity index (χ3v) is 4.27. The van der Waals surface area contributed by atoms with E-state index in [1.54, 1.807) is 17.8 Å². The Kier molecular flexibility index (Phi) is 3.65. The summed E-state index contributed by atoms with van der Waals surface area (Å²) in [5.74, 6) is -0.291. The lowest BCUT2D eigenvalue weighted by Crippen LogP contribution is -1.98. The quantitative estimate of drug-likeness (QED) is 0.853. The largest absolute Gasteiger partial charge is 0.392 e. The van der Waals surface area contributed by atoms with E-state index in [-0.39, 0.29) is 12.4 Å². The highest BCUT2D eigenvalue weighted by molar-refractivity contribution is 8.00. The van der Waals surface area contributed by atoms with Crippen molar-refractivity contribution in [3.8, 4) is 0 Å². The molecule has 1 aliphatic rings. The van der Waals surface area contributed by atoms with Gasteiger partial charge in [0, 0.05) is 15.7 Å². The first-order valence-electron chi connectivity index (χ1n) is 5.36. The van der Waals surface area contributed by atoms with Gasteiger partial charge in [-0.2, -0.15) is 0 Å². The van der Waals surface area contributed by atoms with Gasteiger partial charge in [0.2, 0.25) is 0 Å². The lowest BCUT2D eigenvalue weighted by molar-refractivity contribution is 0.272. The van der Waals surface area contributed by atoms with Crippen LogP contribution >= 0.6 is 11.8 Å². The van der Waals surface area contributed by atoms with Crippen LogP contribution in [0.15, 0.2) is 23.1 Å². The Labute approximate surface area is 93.7 Å². The Morgan fingerprint density at radius 2 is 2.07 bits per heavy atom. The monoisotopic (exact) mass is 226 g/mol. The van der Waals surface area contributed by atoms with Gasteiger partial charge in [0.1, 0.15) is 5.82 Å². The Bertz CT molecular complexity index is 334. The van der Waals surface area contributed by atoms with Crippen molar-refractivity contribution < 1.29 is 9.50 Å². The molecule has 0 bridgehead atoms. The summed E-state index contributed by atoms with van der Waals surface area (Å²) in [4.78, 5) is 0.907. The van der Waals surface area contributed by atoms with Gasteiger partial charge in [0.05, 0.1) is 6.61 Å². The predicted molar refractivity (Wildman–Crippen MR) is 60.4 cm³/mol. The summed E-state index contributed by atoms with van der Waals surface area (Å²) in [6, 6.07) is 5.02. The molecule has 82 valence electrons. The minimum Gasteiger partial charge on any atom is -0.392 e. The van der Waals surface area contributed by atoms with Gasteiger partial charge in [-0.3, -0.25) is 0 Å². The summed E-state index contributed by atoms with van der Waals surface area (Å²) in [5.41, 5.74) is 0.453. The van der Waals surface area contributed by atoms with E-state index in [1.807, 2.05) is 6.07 Å². The molecule has 15 heavy (non-hydrogen) atoms. The fourth-order valence-corrected chi connectivity index (χ4v) is 3.38.